The van der Waals surface area contributed by atoms with Crippen LogP contribution in [0.4, 0.5) is 0 Å². The van der Waals surface area contributed by atoms with E-state index in [4.69, 9.17) is 0 Å². The third-order valence-electron chi connectivity index (χ3n) is 7.94. The Bertz CT molecular complexity index is 1110. The van der Waals surface area contributed by atoms with Crippen LogP contribution >= 0.6 is 0 Å². The molecule has 1 aliphatic carbocycles. The maximum absolute atomic E-state index is 13.8. The lowest BCUT2D eigenvalue weighted by atomic mass is 9.64. The highest BCUT2D eigenvalue weighted by molar-refractivity contribution is 5.93. The summed E-state index contributed by atoms with van der Waals surface area (Å²) >= 11 is 0. The van der Waals surface area contributed by atoms with Gasteiger partial charge in [0.25, 0.3) is 5.91 Å². The second kappa shape index (κ2) is 7.57. The summed E-state index contributed by atoms with van der Waals surface area (Å²) in [6.45, 7) is 5.66. The minimum absolute atomic E-state index is 0.0442. The molecular formula is C25H30N4O3. The summed E-state index contributed by atoms with van der Waals surface area (Å²) in [5.41, 5.74) is 1.32. The molecule has 168 valence electrons. The molecule has 1 aromatic carbocycles. The standard InChI is InChI=1S/C25H30N4O3/c1-15-12-18(27-24(32)26-15)23(31)29-20-14-25(3)21(10-7-11-22(25)29)28(16(2)30)19(20)13-17-8-5-4-6-9-17/h4-6,8-9,12,19-22H,7,10-11,13-14H2,1-3H3,(H,26,27,32)/t19-,20+,21-,22+,25-/m1/s1. The van der Waals surface area contributed by atoms with Gasteiger partial charge in [-0.05, 0) is 50.7 Å². The number of benzene rings is 1. The normalized spacial score (nSPS) is 31.0. The maximum Gasteiger partial charge on any atom is 0.345 e. The Labute approximate surface area is 187 Å². The van der Waals surface area contributed by atoms with Crippen LogP contribution in [-0.4, -0.2) is 55.7 Å². The second-order valence-electron chi connectivity index (χ2n) is 9.89. The molecule has 5 atom stereocenters. The first kappa shape index (κ1) is 20.9. The number of carbonyl (C=O) groups excluding carboxylic acids is 2. The number of hydrogen-bond donors (Lipinski definition) is 1. The number of amides is 2. The zero-order valence-corrected chi connectivity index (χ0v) is 18.9. The van der Waals surface area contributed by atoms with Crippen molar-refractivity contribution < 1.29 is 9.59 Å². The molecule has 1 aromatic heterocycles. The minimum Gasteiger partial charge on any atom is -0.334 e. The largest absolute Gasteiger partial charge is 0.345 e. The van der Waals surface area contributed by atoms with Crippen LogP contribution in [0.1, 0.15) is 61.3 Å². The third-order valence-corrected chi connectivity index (χ3v) is 7.94. The number of piperidine rings is 1. The van der Waals surface area contributed by atoms with Crippen molar-refractivity contribution in [3.63, 3.8) is 0 Å². The summed E-state index contributed by atoms with van der Waals surface area (Å²) in [4.78, 5) is 49.5. The number of fused-ring (bicyclic) bond motifs is 1. The fourth-order valence-corrected chi connectivity index (χ4v) is 6.75. The number of hydrogen-bond acceptors (Lipinski definition) is 4. The van der Waals surface area contributed by atoms with E-state index in [0.717, 1.165) is 31.2 Å². The van der Waals surface area contributed by atoms with Gasteiger partial charge in [0, 0.05) is 30.1 Å². The number of aromatic amines is 1. The molecule has 5 rings (SSSR count). The average molecular weight is 435 g/mol. The number of aryl methyl sites for hydroxylation is 1. The molecule has 0 radical (unpaired) electrons. The summed E-state index contributed by atoms with van der Waals surface area (Å²) in [5.74, 6) is -0.117. The van der Waals surface area contributed by atoms with Crippen LogP contribution in [0.3, 0.4) is 0 Å². The van der Waals surface area contributed by atoms with Gasteiger partial charge in [0.15, 0.2) is 0 Å². The number of H-pyrrole nitrogens is 1. The van der Waals surface area contributed by atoms with E-state index in [1.54, 1.807) is 19.9 Å². The lowest BCUT2D eigenvalue weighted by Gasteiger charge is -2.52. The number of nitrogens with zero attached hydrogens (tertiary/aromatic N) is 3. The molecule has 0 spiro atoms. The molecule has 0 unspecified atom stereocenters. The van der Waals surface area contributed by atoms with E-state index in [1.165, 1.54) is 0 Å². The Morgan fingerprint density at radius 3 is 2.50 bits per heavy atom. The van der Waals surface area contributed by atoms with E-state index in [2.05, 4.69) is 33.9 Å². The lowest BCUT2D eigenvalue weighted by Crippen LogP contribution is -2.62. The van der Waals surface area contributed by atoms with Crippen molar-refractivity contribution >= 4 is 11.8 Å². The second-order valence-corrected chi connectivity index (χ2v) is 9.89. The zero-order valence-electron chi connectivity index (χ0n) is 18.9. The molecular weight excluding hydrogens is 404 g/mol. The highest BCUT2D eigenvalue weighted by atomic mass is 16.2. The third kappa shape index (κ3) is 3.17. The van der Waals surface area contributed by atoms with Gasteiger partial charge in [-0.2, -0.15) is 4.98 Å². The van der Waals surface area contributed by atoms with Gasteiger partial charge < -0.3 is 14.8 Å². The fraction of sp³-hybridized carbons (Fsp3) is 0.520. The first-order valence-corrected chi connectivity index (χ1v) is 11.5. The average Bonchev–Trinajstić information content (AvgIpc) is 3.05. The molecule has 1 saturated carbocycles. The topological polar surface area (TPSA) is 86.4 Å². The van der Waals surface area contributed by atoms with Crippen molar-refractivity contribution in [3.8, 4) is 0 Å². The van der Waals surface area contributed by atoms with E-state index >= 15 is 0 Å². The Hall–Kier alpha value is -2.96. The Morgan fingerprint density at radius 2 is 1.84 bits per heavy atom. The Morgan fingerprint density at radius 1 is 1.16 bits per heavy atom. The molecule has 2 aliphatic heterocycles. The molecule has 2 amide bonds. The van der Waals surface area contributed by atoms with Crippen LogP contribution in [0.5, 0.6) is 0 Å². The fourth-order valence-electron chi connectivity index (χ4n) is 6.75. The van der Waals surface area contributed by atoms with Gasteiger partial charge in [0.05, 0.1) is 12.1 Å². The quantitative estimate of drug-likeness (QED) is 0.805. The van der Waals surface area contributed by atoms with E-state index in [-0.39, 0.29) is 47.1 Å². The molecule has 2 aromatic rings. The van der Waals surface area contributed by atoms with Crippen molar-refractivity contribution in [1.82, 2.24) is 19.8 Å². The SMILES string of the molecule is CC(=O)N1[C@H](Cc2ccccc2)[C@@H]2C[C@@]3(C)[C@H](CCC[C@@H]13)N2C(=O)c1cc(C)[nH]c(=O)n1. The molecule has 3 fully saturated rings. The van der Waals surface area contributed by atoms with Crippen molar-refractivity contribution in [2.75, 3.05) is 0 Å². The number of aromatic nitrogens is 2. The van der Waals surface area contributed by atoms with Gasteiger partial charge in [-0.1, -0.05) is 37.3 Å². The minimum atomic E-state index is -0.505. The molecule has 1 N–H and O–H groups in total. The molecule has 2 bridgehead atoms. The predicted octanol–water partition coefficient (Wildman–Crippen LogP) is 2.69. The summed E-state index contributed by atoms with van der Waals surface area (Å²) in [5, 5.41) is 0. The van der Waals surface area contributed by atoms with E-state index in [9.17, 15) is 14.4 Å². The van der Waals surface area contributed by atoms with E-state index < -0.39 is 5.69 Å². The number of nitrogens with one attached hydrogen (secondary N) is 1. The van der Waals surface area contributed by atoms with E-state index in [0.29, 0.717) is 12.1 Å². The highest BCUT2D eigenvalue weighted by Gasteiger charge is 2.64. The van der Waals surface area contributed by atoms with Gasteiger partial charge >= 0.3 is 5.69 Å². The van der Waals surface area contributed by atoms with Crippen LogP contribution in [0.15, 0.2) is 41.2 Å². The molecule has 3 heterocycles. The number of rotatable bonds is 3. The van der Waals surface area contributed by atoms with Gasteiger partial charge in [0.1, 0.15) is 5.69 Å². The van der Waals surface area contributed by atoms with Crippen LogP contribution in [-0.2, 0) is 11.2 Å². The first-order chi connectivity index (χ1) is 15.3. The van der Waals surface area contributed by atoms with E-state index in [1.807, 2.05) is 23.1 Å². The first-order valence-electron chi connectivity index (χ1n) is 11.5. The number of carbonyl (C=O) groups is 2. The van der Waals surface area contributed by atoms with Crippen LogP contribution < -0.4 is 5.69 Å². The van der Waals surface area contributed by atoms with Gasteiger partial charge in [-0.15, -0.1) is 0 Å². The lowest BCUT2D eigenvalue weighted by molar-refractivity contribution is -0.142. The molecule has 2 saturated heterocycles. The summed E-state index contributed by atoms with van der Waals surface area (Å²) in [7, 11) is 0. The van der Waals surface area contributed by atoms with Gasteiger partial charge in [0.2, 0.25) is 5.91 Å². The number of likely N-dealkylation sites (tertiary alicyclic amines) is 2. The molecule has 7 heteroatoms. The molecule has 7 nitrogen and oxygen atoms in total. The van der Waals surface area contributed by atoms with Gasteiger partial charge in [-0.25, -0.2) is 4.79 Å². The van der Waals surface area contributed by atoms with Crippen LogP contribution in [0.2, 0.25) is 0 Å². The Kier molecular flexibility index (Phi) is 4.95. The van der Waals surface area contributed by atoms with Crippen molar-refractivity contribution in [1.29, 1.82) is 0 Å². The predicted molar refractivity (Wildman–Crippen MR) is 120 cm³/mol. The summed E-state index contributed by atoms with van der Waals surface area (Å²) in [6, 6.07) is 11.8. The Balaban J connectivity index is 1.61. The van der Waals surface area contributed by atoms with Crippen LogP contribution in [0.25, 0.3) is 0 Å². The summed E-state index contributed by atoms with van der Waals surface area (Å²) in [6.07, 6.45) is 4.44. The van der Waals surface area contributed by atoms with Crippen molar-refractivity contribution in [2.24, 2.45) is 5.41 Å². The molecule has 3 aliphatic rings. The van der Waals surface area contributed by atoms with Crippen LogP contribution in [0, 0.1) is 12.3 Å². The monoisotopic (exact) mass is 434 g/mol. The summed E-state index contributed by atoms with van der Waals surface area (Å²) < 4.78 is 0. The zero-order chi connectivity index (χ0) is 22.6. The molecule has 32 heavy (non-hydrogen) atoms. The van der Waals surface area contributed by atoms with Crippen molar-refractivity contribution in [2.45, 2.75) is 77.0 Å². The van der Waals surface area contributed by atoms with Gasteiger partial charge in [-0.3, -0.25) is 9.59 Å². The van der Waals surface area contributed by atoms with Crippen molar-refractivity contribution in [3.05, 3.63) is 63.8 Å². The maximum atomic E-state index is 13.8. The smallest absolute Gasteiger partial charge is 0.334 e. The highest BCUT2D eigenvalue weighted by Crippen LogP contribution is 2.56.